The summed E-state index contributed by atoms with van der Waals surface area (Å²) in [5.41, 5.74) is 10.3. The van der Waals surface area contributed by atoms with Crippen molar-refractivity contribution in [2.75, 3.05) is 9.80 Å². The molecular formula is C53H44N5O2Pt-3. The van der Waals surface area contributed by atoms with Gasteiger partial charge in [-0.25, -0.2) is 4.98 Å². The van der Waals surface area contributed by atoms with Crippen molar-refractivity contribution in [1.29, 1.82) is 0 Å². The fourth-order valence-corrected chi connectivity index (χ4v) is 8.50. The van der Waals surface area contributed by atoms with Gasteiger partial charge in [-0.1, -0.05) is 101 Å². The van der Waals surface area contributed by atoms with Crippen molar-refractivity contribution >= 4 is 77.5 Å². The number of hydrogen-bond acceptors (Lipinski definition) is 5. The molecule has 11 rings (SSSR count). The van der Waals surface area contributed by atoms with Crippen molar-refractivity contribution in [1.82, 2.24) is 14.1 Å². The van der Waals surface area contributed by atoms with Crippen molar-refractivity contribution in [3.63, 3.8) is 0 Å². The van der Waals surface area contributed by atoms with E-state index in [1.807, 2.05) is 89.5 Å². The predicted molar refractivity (Wildman–Crippen MR) is 245 cm³/mol. The molecule has 0 radical (unpaired) electrons. The molecule has 0 fully saturated rings. The van der Waals surface area contributed by atoms with Gasteiger partial charge in [0.15, 0.2) is 0 Å². The third-order valence-corrected chi connectivity index (χ3v) is 11.7. The molecule has 10 aromatic rings. The molecule has 3 aromatic heterocycles. The largest absolute Gasteiger partial charge is 0.509 e. The number of rotatable bonds is 5. The fourth-order valence-electron chi connectivity index (χ4n) is 8.50. The maximum atomic E-state index is 8.67. The Balaban J connectivity index is 0.00000484. The minimum Gasteiger partial charge on any atom is -0.509 e. The number of hydrogen-bond donors (Lipinski definition) is 0. The third-order valence-electron chi connectivity index (χ3n) is 11.7. The van der Waals surface area contributed by atoms with Crippen molar-refractivity contribution < 1.29 is 34.3 Å². The number of furan rings is 1. The molecule has 4 heterocycles. The van der Waals surface area contributed by atoms with E-state index >= 15 is 0 Å². The summed E-state index contributed by atoms with van der Waals surface area (Å²) in [7, 11) is 0. The minimum atomic E-state index is -2.54. The first-order valence-corrected chi connectivity index (χ1v) is 20.3. The number of fused-ring (bicyclic) bond motifs is 9. The zero-order valence-electron chi connectivity index (χ0n) is 37.6. The zero-order valence-corrected chi connectivity index (χ0v) is 36.9. The van der Waals surface area contributed by atoms with Gasteiger partial charge in [0.2, 0.25) is 5.95 Å². The molecule has 0 saturated heterocycles. The fraction of sp³-hybridized carbons (Fsp3) is 0.170. The van der Waals surface area contributed by atoms with Gasteiger partial charge in [0.25, 0.3) is 0 Å². The van der Waals surface area contributed by atoms with Gasteiger partial charge in [-0.2, -0.15) is 12.1 Å². The molecule has 0 bridgehead atoms. The van der Waals surface area contributed by atoms with Gasteiger partial charge in [-0.05, 0) is 81.9 Å². The third kappa shape index (κ3) is 6.32. The summed E-state index contributed by atoms with van der Waals surface area (Å²) in [5.74, 6) is 1.16. The van der Waals surface area contributed by atoms with Gasteiger partial charge >= 0.3 is 0 Å². The second-order valence-corrected chi connectivity index (χ2v) is 17.7. The normalized spacial score (nSPS) is 14.2. The van der Waals surface area contributed by atoms with E-state index in [2.05, 4.69) is 113 Å². The average Bonchev–Trinajstić information content (AvgIpc) is 4.01. The Morgan fingerprint density at radius 1 is 0.656 bits per heavy atom. The van der Waals surface area contributed by atoms with Crippen LogP contribution in [0.25, 0.3) is 60.7 Å². The standard InChI is InChI=1S/C53H44N5O2.Pt/c1-52(2,3)33-27-34(53(4,5)6)29-36(28-33)57-32-56(44-20-11-12-21-45(44)57)35-15-14-16-37(30-35)59-38-23-24-41-47(31-38)58(51-54-42-18-9-10-19-43(42)55(51)7)46-26-25-40-39-17-8-13-22-48(39)60-50(40)49(41)46;/h8-29,32H,1-7H3;/q-3;/i7D3;. The first kappa shape index (κ1) is 35.5. The molecule has 0 atom stereocenters. The van der Waals surface area contributed by atoms with E-state index in [0.717, 1.165) is 55.4 Å². The van der Waals surface area contributed by atoms with Crippen LogP contribution >= 0.6 is 0 Å². The van der Waals surface area contributed by atoms with Crippen LogP contribution in [-0.2, 0) is 38.9 Å². The summed E-state index contributed by atoms with van der Waals surface area (Å²) in [5, 5.41) is 3.61. The zero-order chi connectivity index (χ0) is 43.6. The van der Waals surface area contributed by atoms with Crippen LogP contribution < -0.4 is 14.5 Å². The summed E-state index contributed by atoms with van der Waals surface area (Å²) in [6, 6.07) is 51.4. The topological polar surface area (TPSA) is 51.6 Å². The number of anilines is 4. The Bertz CT molecular complexity index is 3430. The van der Waals surface area contributed by atoms with E-state index in [0.29, 0.717) is 33.6 Å². The molecule has 7 aromatic carbocycles. The SMILES string of the molecule is [2H]C([2H])([2H])n1c(-n2c3[c-]c(Oc4[c-]c(N5[CH-]N(c6cc(C(C)(C)C)cc(C(C)(C)C)c6)c6ccccc65)ccc4)ccc3c3c4oc5ccccc5c4ccc32)nc2ccccc21.[Pt]. The minimum absolute atomic E-state index is 0. The number of imidazole rings is 1. The van der Waals surface area contributed by atoms with Crippen molar-refractivity contribution in [3.05, 3.63) is 163 Å². The number of aryl methyl sites for hydroxylation is 1. The summed E-state index contributed by atoms with van der Waals surface area (Å²) in [6.07, 6.45) is 0. The molecule has 0 aliphatic carbocycles. The van der Waals surface area contributed by atoms with Crippen LogP contribution in [0, 0.1) is 18.8 Å². The number of nitrogens with zero attached hydrogens (tertiary/aromatic N) is 5. The maximum Gasteiger partial charge on any atom is 0.213 e. The smallest absolute Gasteiger partial charge is 0.213 e. The Kier molecular flexibility index (Phi) is 8.22. The van der Waals surface area contributed by atoms with Crippen LogP contribution in [0.3, 0.4) is 0 Å². The van der Waals surface area contributed by atoms with Gasteiger partial charge in [-0.15, -0.1) is 42.7 Å². The maximum absolute atomic E-state index is 8.67. The van der Waals surface area contributed by atoms with E-state index in [9.17, 15) is 0 Å². The predicted octanol–water partition coefficient (Wildman–Crippen LogP) is 14.0. The molecule has 0 unspecified atom stereocenters. The Labute approximate surface area is 374 Å². The van der Waals surface area contributed by atoms with Crippen molar-refractivity contribution in [2.24, 2.45) is 6.98 Å². The summed E-state index contributed by atoms with van der Waals surface area (Å²) >= 11 is 0. The van der Waals surface area contributed by atoms with E-state index in [1.165, 1.54) is 15.7 Å². The first-order chi connectivity index (χ1) is 30.1. The number of aromatic nitrogens is 3. The molecule has 0 spiro atoms. The van der Waals surface area contributed by atoms with Crippen LogP contribution in [-0.4, -0.2) is 14.1 Å². The van der Waals surface area contributed by atoms with Crippen LogP contribution in [0.2, 0.25) is 0 Å². The van der Waals surface area contributed by atoms with E-state index in [-0.39, 0.29) is 37.8 Å². The Morgan fingerprint density at radius 2 is 1.34 bits per heavy atom. The van der Waals surface area contributed by atoms with Crippen molar-refractivity contribution in [3.8, 4) is 17.4 Å². The molecular weight excluding hydrogens is 934 g/mol. The van der Waals surface area contributed by atoms with Crippen LogP contribution in [0.5, 0.6) is 11.5 Å². The second-order valence-electron chi connectivity index (χ2n) is 17.7. The van der Waals surface area contributed by atoms with E-state index in [4.69, 9.17) is 18.3 Å². The molecule has 61 heavy (non-hydrogen) atoms. The summed E-state index contributed by atoms with van der Waals surface area (Å²) < 4.78 is 42.4. The Morgan fingerprint density at radius 3 is 2.11 bits per heavy atom. The van der Waals surface area contributed by atoms with Gasteiger partial charge in [0.05, 0.1) is 11.0 Å². The molecule has 8 heteroatoms. The number of benzene rings is 7. The molecule has 0 saturated carbocycles. The first-order valence-electron chi connectivity index (χ1n) is 21.8. The Hall–Kier alpha value is -6.30. The van der Waals surface area contributed by atoms with Gasteiger partial charge in [0.1, 0.15) is 11.2 Å². The van der Waals surface area contributed by atoms with Gasteiger partial charge < -0.3 is 28.1 Å². The number of para-hydroxylation sites is 5. The summed E-state index contributed by atoms with van der Waals surface area (Å²) in [4.78, 5) is 9.35. The van der Waals surface area contributed by atoms with Crippen LogP contribution in [0.4, 0.5) is 22.7 Å². The monoisotopic (exact) mass is 980 g/mol. The summed E-state index contributed by atoms with van der Waals surface area (Å²) in [6.45, 7) is 13.1. The second kappa shape index (κ2) is 14.1. The molecule has 7 nitrogen and oxygen atoms in total. The van der Waals surface area contributed by atoms with E-state index in [1.54, 1.807) is 6.07 Å². The molecule has 0 amide bonds. The molecule has 1 aliphatic heterocycles. The van der Waals surface area contributed by atoms with Gasteiger partial charge in [-0.3, -0.25) is 0 Å². The van der Waals surface area contributed by atoms with Crippen LogP contribution in [0.1, 0.15) is 56.8 Å². The molecule has 0 N–H and O–H groups in total. The van der Waals surface area contributed by atoms with Crippen LogP contribution in [0.15, 0.2) is 138 Å². The average molecular weight is 981 g/mol. The molecule has 306 valence electrons. The van der Waals surface area contributed by atoms with E-state index < -0.39 is 6.98 Å². The molecule has 1 aliphatic rings. The quantitative estimate of drug-likeness (QED) is 0.161. The van der Waals surface area contributed by atoms with Gasteiger partial charge in [0, 0.05) is 77.0 Å². The van der Waals surface area contributed by atoms with Crippen molar-refractivity contribution in [2.45, 2.75) is 52.4 Å². The number of ether oxygens (including phenoxy) is 1.